The maximum atomic E-state index is 6.11. The lowest BCUT2D eigenvalue weighted by Gasteiger charge is -2.14. The molecule has 1 aliphatic carbocycles. The van der Waals surface area contributed by atoms with Crippen LogP contribution in [-0.4, -0.2) is 17.3 Å². The smallest absolute Gasteiger partial charge is 0.153 e. The van der Waals surface area contributed by atoms with Gasteiger partial charge in [0.1, 0.15) is 5.75 Å². The van der Waals surface area contributed by atoms with Crippen LogP contribution < -0.4 is 10.5 Å². The summed E-state index contributed by atoms with van der Waals surface area (Å²) < 4.78 is 5.49. The molecule has 1 unspecified atom stereocenters. The summed E-state index contributed by atoms with van der Waals surface area (Å²) in [5.74, 6) is 2.61. The van der Waals surface area contributed by atoms with Gasteiger partial charge in [-0.1, -0.05) is 18.6 Å². The van der Waals surface area contributed by atoms with E-state index >= 15 is 0 Å². The number of methoxy groups -OCH3 is 1. The Morgan fingerprint density at radius 1 is 1.40 bits per heavy atom. The number of nitrogens with two attached hydrogens (primary N) is 1. The van der Waals surface area contributed by atoms with Crippen LogP contribution in [0.1, 0.15) is 36.9 Å². The van der Waals surface area contributed by atoms with E-state index in [4.69, 9.17) is 10.5 Å². The topological polar surface area (TPSA) is 63.9 Å². The Bertz CT molecular complexity index is 629. The first-order valence-electron chi connectivity index (χ1n) is 7.10. The van der Waals surface area contributed by atoms with Crippen molar-refractivity contribution in [1.82, 2.24) is 10.2 Å². The number of nitrogens with zero attached hydrogens (tertiary/aromatic N) is 1. The van der Waals surface area contributed by atoms with Crippen molar-refractivity contribution in [3.8, 4) is 16.9 Å². The molecule has 4 heteroatoms. The van der Waals surface area contributed by atoms with E-state index in [9.17, 15) is 0 Å². The zero-order valence-electron chi connectivity index (χ0n) is 12.2. The number of ether oxygens (including phenoxy) is 1. The molecule has 1 aliphatic rings. The summed E-state index contributed by atoms with van der Waals surface area (Å²) in [7, 11) is 1.69. The Kier molecular flexibility index (Phi) is 3.16. The molecule has 1 heterocycles. The van der Waals surface area contributed by atoms with E-state index in [2.05, 4.69) is 30.1 Å². The fraction of sp³-hybridized carbons (Fsp3) is 0.438. The van der Waals surface area contributed by atoms with Crippen LogP contribution in [0.3, 0.4) is 0 Å². The second-order valence-corrected chi connectivity index (χ2v) is 5.73. The van der Waals surface area contributed by atoms with E-state index in [0.717, 1.165) is 28.5 Å². The molecule has 4 nitrogen and oxygen atoms in total. The number of benzene rings is 1. The standard InChI is InChI=1S/C16H21N3O/c1-9-4-7-13(20-3)12(8-9)14-15(18-19-16(14)17)10(2)11-5-6-11/h4,7-8,10-11H,5-6H2,1-3H3,(H3,17,18,19). The molecule has 20 heavy (non-hydrogen) atoms. The molecule has 2 aromatic rings. The number of anilines is 1. The van der Waals surface area contributed by atoms with Crippen LogP contribution in [0.25, 0.3) is 11.1 Å². The van der Waals surface area contributed by atoms with E-state index in [1.165, 1.54) is 18.4 Å². The van der Waals surface area contributed by atoms with Crippen LogP contribution in [0, 0.1) is 12.8 Å². The predicted octanol–water partition coefficient (Wildman–Crippen LogP) is 3.49. The Morgan fingerprint density at radius 3 is 2.80 bits per heavy atom. The van der Waals surface area contributed by atoms with Gasteiger partial charge in [0.15, 0.2) is 5.82 Å². The molecule has 0 radical (unpaired) electrons. The van der Waals surface area contributed by atoms with Gasteiger partial charge in [-0.25, -0.2) is 0 Å². The number of aryl methyl sites for hydroxylation is 1. The first-order chi connectivity index (χ1) is 9.61. The summed E-state index contributed by atoms with van der Waals surface area (Å²) in [5.41, 5.74) is 10.5. The second kappa shape index (κ2) is 4.85. The van der Waals surface area contributed by atoms with Gasteiger partial charge in [0.25, 0.3) is 0 Å². The summed E-state index contributed by atoms with van der Waals surface area (Å²) in [5, 5.41) is 7.36. The Hall–Kier alpha value is -1.97. The minimum Gasteiger partial charge on any atom is -0.496 e. The summed E-state index contributed by atoms with van der Waals surface area (Å²) in [6, 6.07) is 6.15. The van der Waals surface area contributed by atoms with Gasteiger partial charge >= 0.3 is 0 Å². The second-order valence-electron chi connectivity index (χ2n) is 5.73. The fourth-order valence-electron chi connectivity index (χ4n) is 2.83. The Labute approximate surface area is 119 Å². The molecule has 0 spiro atoms. The molecule has 1 aromatic carbocycles. The highest BCUT2D eigenvalue weighted by Gasteiger charge is 2.32. The summed E-state index contributed by atoms with van der Waals surface area (Å²) in [6.45, 7) is 4.32. The van der Waals surface area contributed by atoms with Crippen molar-refractivity contribution >= 4 is 5.82 Å². The average molecular weight is 271 g/mol. The van der Waals surface area contributed by atoms with Crippen LogP contribution >= 0.6 is 0 Å². The predicted molar refractivity (Wildman–Crippen MR) is 80.9 cm³/mol. The molecule has 106 valence electrons. The summed E-state index contributed by atoms with van der Waals surface area (Å²) in [6.07, 6.45) is 2.59. The monoisotopic (exact) mass is 271 g/mol. The zero-order valence-corrected chi connectivity index (χ0v) is 12.2. The molecule has 3 N–H and O–H groups in total. The number of nitrogens with one attached hydrogen (secondary N) is 1. The largest absolute Gasteiger partial charge is 0.496 e. The van der Waals surface area contributed by atoms with E-state index in [1.807, 2.05) is 12.1 Å². The van der Waals surface area contributed by atoms with Crippen molar-refractivity contribution in [3.05, 3.63) is 29.5 Å². The number of nitrogen functional groups attached to an aromatic ring is 1. The maximum Gasteiger partial charge on any atom is 0.153 e. The van der Waals surface area contributed by atoms with Gasteiger partial charge < -0.3 is 10.5 Å². The fourth-order valence-corrected chi connectivity index (χ4v) is 2.83. The maximum absolute atomic E-state index is 6.11. The molecular formula is C16H21N3O. The number of aromatic amines is 1. The highest BCUT2D eigenvalue weighted by Crippen LogP contribution is 2.46. The van der Waals surface area contributed by atoms with E-state index in [-0.39, 0.29) is 0 Å². The molecule has 1 saturated carbocycles. The van der Waals surface area contributed by atoms with Crippen LogP contribution in [-0.2, 0) is 0 Å². The van der Waals surface area contributed by atoms with Crippen LogP contribution in [0.5, 0.6) is 5.75 Å². The van der Waals surface area contributed by atoms with Gasteiger partial charge in [-0.2, -0.15) is 5.10 Å². The molecule has 1 atom stereocenters. The van der Waals surface area contributed by atoms with Gasteiger partial charge in [0.05, 0.1) is 12.7 Å². The molecule has 3 rings (SSSR count). The Balaban J connectivity index is 2.13. The van der Waals surface area contributed by atoms with Crippen molar-refractivity contribution in [2.45, 2.75) is 32.6 Å². The zero-order chi connectivity index (χ0) is 14.3. The third kappa shape index (κ3) is 2.15. The molecule has 0 aliphatic heterocycles. The van der Waals surface area contributed by atoms with Gasteiger partial charge in [0.2, 0.25) is 0 Å². The molecular weight excluding hydrogens is 250 g/mol. The van der Waals surface area contributed by atoms with Crippen LogP contribution in [0.2, 0.25) is 0 Å². The van der Waals surface area contributed by atoms with E-state index in [0.29, 0.717) is 11.7 Å². The van der Waals surface area contributed by atoms with Crippen molar-refractivity contribution < 1.29 is 4.74 Å². The number of H-pyrrole nitrogens is 1. The number of rotatable bonds is 4. The van der Waals surface area contributed by atoms with Crippen LogP contribution in [0.15, 0.2) is 18.2 Å². The Morgan fingerprint density at radius 2 is 2.15 bits per heavy atom. The highest BCUT2D eigenvalue weighted by molar-refractivity contribution is 5.81. The van der Waals surface area contributed by atoms with Gasteiger partial charge in [-0.3, -0.25) is 5.10 Å². The van der Waals surface area contributed by atoms with Crippen molar-refractivity contribution in [2.75, 3.05) is 12.8 Å². The van der Waals surface area contributed by atoms with Gasteiger partial charge in [-0.15, -0.1) is 0 Å². The molecule has 0 saturated heterocycles. The minimum atomic E-state index is 0.458. The van der Waals surface area contributed by atoms with E-state index in [1.54, 1.807) is 7.11 Å². The summed E-state index contributed by atoms with van der Waals surface area (Å²) >= 11 is 0. The first-order valence-corrected chi connectivity index (χ1v) is 7.10. The lowest BCUT2D eigenvalue weighted by Crippen LogP contribution is -2.00. The molecule has 1 fully saturated rings. The van der Waals surface area contributed by atoms with Crippen molar-refractivity contribution in [3.63, 3.8) is 0 Å². The van der Waals surface area contributed by atoms with Gasteiger partial charge in [-0.05, 0) is 37.8 Å². The third-order valence-corrected chi connectivity index (χ3v) is 4.23. The lowest BCUT2D eigenvalue weighted by molar-refractivity contribution is 0.416. The average Bonchev–Trinajstić information content (AvgIpc) is 3.21. The molecule has 1 aromatic heterocycles. The van der Waals surface area contributed by atoms with E-state index < -0.39 is 0 Å². The normalized spacial score (nSPS) is 16.1. The van der Waals surface area contributed by atoms with Crippen LogP contribution in [0.4, 0.5) is 5.82 Å². The highest BCUT2D eigenvalue weighted by atomic mass is 16.5. The molecule has 0 bridgehead atoms. The summed E-state index contributed by atoms with van der Waals surface area (Å²) in [4.78, 5) is 0. The quantitative estimate of drug-likeness (QED) is 0.894. The minimum absolute atomic E-state index is 0.458. The van der Waals surface area contributed by atoms with Gasteiger partial charge in [0, 0.05) is 17.2 Å². The lowest BCUT2D eigenvalue weighted by atomic mass is 9.93. The van der Waals surface area contributed by atoms with Crippen molar-refractivity contribution in [2.24, 2.45) is 5.92 Å². The molecule has 0 amide bonds. The van der Waals surface area contributed by atoms with Crippen molar-refractivity contribution in [1.29, 1.82) is 0 Å². The number of aromatic nitrogens is 2. The SMILES string of the molecule is COc1ccc(C)cc1-c1c(N)n[nH]c1C(C)C1CC1. The number of hydrogen-bond donors (Lipinski definition) is 2. The number of hydrogen-bond acceptors (Lipinski definition) is 3. The first kappa shape index (κ1) is 13.0. The third-order valence-electron chi connectivity index (χ3n) is 4.23.